The van der Waals surface area contributed by atoms with E-state index in [2.05, 4.69) is 10.3 Å². The molecule has 4 rings (SSSR count). The van der Waals surface area contributed by atoms with Crippen LogP contribution in [0.25, 0.3) is 0 Å². The lowest BCUT2D eigenvalue weighted by Crippen LogP contribution is -2.35. The molecule has 2 aromatic carbocycles. The van der Waals surface area contributed by atoms with E-state index < -0.39 is 43.3 Å². The van der Waals surface area contributed by atoms with Gasteiger partial charge >= 0.3 is 5.97 Å². The predicted molar refractivity (Wildman–Crippen MR) is 144 cm³/mol. The fourth-order valence-electron chi connectivity index (χ4n) is 3.75. The number of benzene rings is 2. The second kappa shape index (κ2) is 12.0. The van der Waals surface area contributed by atoms with E-state index in [1.807, 2.05) is 0 Å². The van der Waals surface area contributed by atoms with E-state index in [-0.39, 0.29) is 35.4 Å². The molecule has 0 bridgehead atoms. The maximum absolute atomic E-state index is 13.0. The standard InChI is InChI=1S/C23H21ClN4O9S3/c24-18-9-4-15(12-19(18)40(35,36)27-10-2-1-3-11-27)22(30)37-14-20(29)26-23-25-13-21(38-23)39(33,34)17-7-5-16(6-8-17)28(31)32/h4-9,12-13H,1-3,10-11,14H2,(H,25,26,29). The van der Waals surface area contributed by atoms with Crippen LogP contribution in [-0.4, -0.2) is 62.6 Å². The van der Waals surface area contributed by atoms with E-state index in [0.29, 0.717) is 24.4 Å². The number of rotatable bonds is 9. The number of aromatic nitrogens is 1. The number of nitro groups is 1. The highest BCUT2D eigenvalue weighted by atomic mass is 35.5. The SMILES string of the molecule is O=C(COC(=O)c1ccc(Cl)c(S(=O)(=O)N2CCCCC2)c1)Nc1ncc(S(=O)(=O)c2ccc([N+](=O)[O-])cc2)s1. The highest BCUT2D eigenvalue weighted by Crippen LogP contribution is 2.30. The topological polar surface area (TPSA) is 183 Å². The molecule has 0 unspecified atom stereocenters. The molecular formula is C23H21ClN4O9S3. The minimum atomic E-state index is -4.05. The zero-order valence-corrected chi connectivity index (χ0v) is 23.7. The van der Waals surface area contributed by atoms with E-state index in [1.165, 1.54) is 16.4 Å². The first-order valence-corrected chi connectivity index (χ1v) is 15.7. The molecule has 1 aromatic heterocycles. The molecule has 1 saturated heterocycles. The van der Waals surface area contributed by atoms with Gasteiger partial charge in [0.15, 0.2) is 11.7 Å². The van der Waals surface area contributed by atoms with Crippen LogP contribution < -0.4 is 5.32 Å². The van der Waals surface area contributed by atoms with Crippen molar-refractivity contribution in [3.05, 3.63) is 69.4 Å². The number of carbonyl (C=O) groups excluding carboxylic acids is 2. The van der Waals surface area contributed by atoms with Crippen LogP contribution in [-0.2, 0) is 29.4 Å². The maximum atomic E-state index is 13.0. The lowest BCUT2D eigenvalue weighted by Gasteiger charge is -2.26. The van der Waals surface area contributed by atoms with Gasteiger partial charge in [-0.05, 0) is 43.2 Å². The Morgan fingerprint density at radius 2 is 1.75 bits per heavy atom. The van der Waals surface area contributed by atoms with Crippen molar-refractivity contribution in [2.45, 2.75) is 33.3 Å². The number of non-ortho nitro benzene ring substituents is 1. The van der Waals surface area contributed by atoms with Crippen LogP contribution in [0.4, 0.5) is 10.8 Å². The second-order valence-corrected chi connectivity index (χ2v) is 14.0. The van der Waals surface area contributed by atoms with Gasteiger partial charge in [-0.25, -0.2) is 26.6 Å². The molecule has 0 aliphatic carbocycles. The number of carbonyl (C=O) groups is 2. The third-order valence-electron chi connectivity index (χ3n) is 5.79. The molecule has 13 nitrogen and oxygen atoms in total. The molecule has 1 N–H and O–H groups in total. The van der Waals surface area contributed by atoms with E-state index in [9.17, 15) is 36.5 Å². The molecule has 17 heteroatoms. The van der Waals surface area contributed by atoms with E-state index in [4.69, 9.17) is 16.3 Å². The number of hydrogen-bond acceptors (Lipinski definition) is 11. The van der Waals surface area contributed by atoms with Crippen LogP contribution in [0.15, 0.2) is 62.7 Å². The van der Waals surface area contributed by atoms with Gasteiger partial charge in [0, 0.05) is 25.2 Å². The molecule has 0 saturated carbocycles. The van der Waals surface area contributed by atoms with E-state index >= 15 is 0 Å². The summed E-state index contributed by atoms with van der Waals surface area (Å²) < 4.78 is 57.6. The van der Waals surface area contributed by atoms with Gasteiger partial charge in [0.1, 0.15) is 9.10 Å². The van der Waals surface area contributed by atoms with Gasteiger partial charge in [-0.1, -0.05) is 29.4 Å². The molecule has 2 heterocycles. The number of anilines is 1. The molecule has 0 radical (unpaired) electrons. The Labute approximate surface area is 237 Å². The largest absolute Gasteiger partial charge is 0.452 e. The van der Waals surface area contributed by atoms with Crippen LogP contribution >= 0.6 is 22.9 Å². The van der Waals surface area contributed by atoms with Crippen molar-refractivity contribution in [2.75, 3.05) is 25.0 Å². The molecule has 0 spiro atoms. The number of piperidine rings is 1. The first-order valence-electron chi connectivity index (χ1n) is 11.6. The van der Waals surface area contributed by atoms with Crippen molar-refractivity contribution >= 4 is 65.5 Å². The Morgan fingerprint density at radius 1 is 1.07 bits per heavy atom. The van der Waals surface area contributed by atoms with Crippen LogP contribution in [0.1, 0.15) is 29.6 Å². The summed E-state index contributed by atoms with van der Waals surface area (Å²) in [7, 11) is -7.98. The van der Waals surface area contributed by atoms with E-state index in [1.54, 1.807) is 0 Å². The highest BCUT2D eigenvalue weighted by Gasteiger charge is 2.29. The average Bonchev–Trinajstić information content (AvgIpc) is 3.41. The number of thiazole rings is 1. The Balaban J connectivity index is 1.38. The number of halogens is 1. The first-order chi connectivity index (χ1) is 18.9. The van der Waals surface area contributed by atoms with Gasteiger partial charge in [0.05, 0.1) is 26.6 Å². The Hall–Kier alpha value is -3.44. The zero-order chi connectivity index (χ0) is 29.1. The molecule has 3 aromatic rings. The number of amides is 1. The van der Waals surface area contributed by atoms with Crippen LogP contribution in [0.5, 0.6) is 0 Å². The Bertz CT molecular complexity index is 1670. The lowest BCUT2D eigenvalue weighted by molar-refractivity contribution is -0.384. The summed E-state index contributed by atoms with van der Waals surface area (Å²) in [6.45, 7) is -0.0675. The normalized spacial score (nSPS) is 14.4. The van der Waals surface area contributed by atoms with Crippen LogP contribution in [0, 0.1) is 10.1 Å². The summed E-state index contributed by atoms with van der Waals surface area (Å²) in [5.41, 5.74) is -0.400. The summed E-state index contributed by atoms with van der Waals surface area (Å²) >= 11 is 6.75. The maximum Gasteiger partial charge on any atom is 0.338 e. The first kappa shape index (κ1) is 29.5. The predicted octanol–water partition coefficient (Wildman–Crippen LogP) is 3.51. The number of nitro benzene ring substituents is 1. The number of hydrogen-bond donors (Lipinski definition) is 1. The fraction of sp³-hybridized carbons (Fsp3) is 0.261. The smallest absolute Gasteiger partial charge is 0.338 e. The number of sulfonamides is 1. The zero-order valence-electron chi connectivity index (χ0n) is 20.5. The van der Waals surface area contributed by atoms with Crippen LogP contribution in [0.3, 0.4) is 0 Å². The Kier molecular flexibility index (Phi) is 8.84. The third-order valence-corrected chi connectivity index (χ3v) is 11.3. The Morgan fingerprint density at radius 3 is 2.40 bits per heavy atom. The number of sulfone groups is 1. The van der Waals surface area contributed by atoms with Crippen molar-refractivity contribution in [2.24, 2.45) is 0 Å². The van der Waals surface area contributed by atoms with Gasteiger partial charge in [0.25, 0.3) is 11.6 Å². The molecule has 1 amide bonds. The third kappa shape index (κ3) is 6.47. The summed E-state index contributed by atoms with van der Waals surface area (Å²) in [6.07, 6.45) is 3.38. The van der Waals surface area contributed by atoms with Crippen molar-refractivity contribution in [1.29, 1.82) is 0 Å². The molecule has 0 atom stereocenters. The summed E-state index contributed by atoms with van der Waals surface area (Å²) in [5, 5.41) is 13.0. The number of nitrogens with one attached hydrogen (secondary N) is 1. The van der Waals surface area contributed by atoms with E-state index in [0.717, 1.165) is 55.8 Å². The second-order valence-electron chi connectivity index (χ2n) is 8.47. The summed E-state index contributed by atoms with van der Waals surface area (Å²) in [6, 6.07) is 7.92. The summed E-state index contributed by atoms with van der Waals surface area (Å²) in [5.74, 6) is -1.79. The van der Waals surface area contributed by atoms with Crippen molar-refractivity contribution in [3.8, 4) is 0 Å². The molecule has 1 aliphatic rings. The lowest BCUT2D eigenvalue weighted by atomic mass is 10.2. The van der Waals surface area contributed by atoms with Crippen molar-refractivity contribution in [1.82, 2.24) is 9.29 Å². The van der Waals surface area contributed by atoms with Crippen molar-refractivity contribution in [3.63, 3.8) is 0 Å². The molecule has 1 fully saturated rings. The minimum Gasteiger partial charge on any atom is -0.452 e. The van der Waals surface area contributed by atoms with Gasteiger partial charge in [-0.15, -0.1) is 0 Å². The number of esters is 1. The fourth-order valence-corrected chi connectivity index (χ4v) is 8.21. The average molecular weight is 629 g/mol. The highest BCUT2D eigenvalue weighted by molar-refractivity contribution is 7.93. The molecular weight excluding hydrogens is 608 g/mol. The van der Waals surface area contributed by atoms with Crippen molar-refractivity contribution < 1.29 is 36.1 Å². The van der Waals surface area contributed by atoms with Gasteiger partial charge in [-0.3, -0.25) is 20.2 Å². The van der Waals surface area contributed by atoms with Gasteiger partial charge in [0.2, 0.25) is 19.9 Å². The van der Waals surface area contributed by atoms with Crippen LogP contribution in [0.2, 0.25) is 5.02 Å². The number of ether oxygens (including phenoxy) is 1. The molecule has 212 valence electrons. The minimum absolute atomic E-state index is 0.0527. The monoisotopic (exact) mass is 628 g/mol. The quantitative estimate of drug-likeness (QED) is 0.209. The summed E-state index contributed by atoms with van der Waals surface area (Å²) in [4.78, 5) is 38.4. The van der Waals surface area contributed by atoms with Gasteiger partial charge in [-0.2, -0.15) is 4.31 Å². The molecule has 40 heavy (non-hydrogen) atoms. The number of nitrogens with zero attached hydrogens (tertiary/aromatic N) is 3. The van der Waals surface area contributed by atoms with Gasteiger partial charge < -0.3 is 4.74 Å². The molecule has 1 aliphatic heterocycles.